The summed E-state index contributed by atoms with van der Waals surface area (Å²) in [5.41, 5.74) is 1.22. The molecule has 0 radical (unpaired) electrons. The fraction of sp³-hybridized carbons (Fsp3) is 0.435. The third-order valence-corrected chi connectivity index (χ3v) is 7.74. The highest BCUT2D eigenvalue weighted by molar-refractivity contribution is 7.90. The summed E-state index contributed by atoms with van der Waals surface area (Å²) in [6, 6.07) is 12.0. The maximum absolute atomic E-state index is 13.3. The fourth-order valence-corrected chi connectivity index (χ4v) is 5.45. The van der Waals surface area contributed by atoms with Gasteiger partial charge in [0.25, 0.3) is 0 Å². The molecule has 0 bridgehead atoms. The number of benzene rings is 2. The summed E-state index contributed by atoms with van der Waals surface area (Å²) in [5.74, 6) is 0.672. The standard InChI is InChI=1S/C23H27ClN2O5S/c1-32(29,30)19-5-3-18(4-6-19)31-15-13-25-10-8-23(9-11-25)20-16-17(24)2-7-21(20)26(12-14-27)22(23)28/h2-7,16,27H,8-15H2,1H3. The minimum atomic E-state index is -3.22. The zero-order valence-electron chi connectivity index (χ0n) is 18.0. The normalized spacial score (nSPS) is 18.2. The van der Waals surface area contributed by atoms with Crippen molar-refractivity contribution >= 4 is 33.0 Å². The van der Waals surface area contributed by atoms with Crippen LogP contribution in [0.1, 0.15) is 18.4 Å². The third-order valence-electron chi connectivity index (χ3n) is 6.38. The molecule has 0 saturated carbocycles. The second-order valence-corrected chi connectivity index (χ2v) is 10.8. The van der Waals surface area contributed by atoms with Gasteiger partial charge in [0.1, 0.15) is 12.4 Å². The minimum Gasteiger partial charge on any atom is -0.492 e. The van der Waals surface area contributed by atoms with Crippen molar-refractivity contribution in [3.8, 4) is 5.75 Å². The number of sulfone groups is 1. The summed E-state index contributed by atoms with van der Waals surface area (Å²) in [7, 11) is -3.22. The van der Waals surface area contributed by atoms with Crippen molar-refractivity contribution in [3.63, 3.8) is 0 Å². The Morgan fingerprint density at radius 1 is 1.09 bits per heavy atom. The smallest absolute Gasteiger partial charge is 0.237 e. The Hall–Kier alpha value is -2.13. The van der Waals surface area contributed by atoms with E-state index < -0.39 is 15.3 Å². The number of β-amino-alcohol motifs (C(OH)–C–C–N with tert-alkyl or cyclic N) is 1. The van der Waals surface area contributed by atoms with Gasteiger partial charge >= 0.3 is 0 Å². The number of nitrogens with zero attached hydrogens (tertiary/aromatic N) is 2. The number of amides is 1. The number of piperidine rings is 1. The molecule has 4 rings (SSSR count). The predicted octanol–water partition coefficient (Wildman–Crippen LogP) is 2.50. The molecule has 172 valence electrons. The van der Waals surface area contributed by atoms with Crippen molar-refractivity contribution in [2.24, 2.45) is 0 Å². The number of ether oxygens (including phenoxy) is 1. The van der Waals surface area contributed by atoms with E-state index in [1.54, 1.807) is 35.2 Å². The lowest BCUT2D eigenvalue weighted by molar-refractivity contribution is -0.125. The Bertz CT molecular complexity index is 1100. The van der Waals surface area contributed by atoms with Crippen LogP contribution in [0.4, 0.5) is 5.69 Å². The van der Waals surface area contributed by atoms with Crippen LogP contribution in [0.15, 0.2) is 47.4 Å². The summed E-state index contributed by atoms with van der Waals surface area (Å²) in [4.78, 5) is 17.5. The van der Waals surface area contributed by atoms with Crippen LogP contribution in [0, 0.1) is 0 Å². The topological polar surface area (TPSA) is 87.2 Å². The van der Waals surface area contributed by atoms with Gasteiger partial charge in [-0.2, -0.15) is 0 Å². The highest BCUT2D eigenvalue weighted by atomic mass is 35.5. The van der Waals surface area contributed by atoms with E-state index >= 15 is 0 Å². The van der Waals surface area contributed by atoms with Crippen molar-refractivity contribution in [2.45, 2.75) is 23.2 Å². The maximum Gasteiger partial charge on any atom is 0.237 e. The van der Waals surface area contributed by atoms with E-state index in [-0.39, 0.29) is 24.0 Å². The summed E-state index contributed by atoms with van der Waals surface area (Å²) in [6.45, 7) is 2.88. The van der Waals surface area contributed by atoms with Gasteiger partial charge in [-0.1, -0.05) is 11.6 Å². The highest BCUT2D eigenvalue weighted by Gasteiger charge is 2.51. The Kier molecular flexibility index (Phi) is 6.49. The van der Waals surface area contributed by atoms with Gasteiger partial charge in [-0.3, -0.25) is 9.69 Å². The van der Waals surface area contributed by atoms with Crippen molar-refractivity contribution in [3.05, 3.63) is 53.1 Å². The number of anilines is 1. The van der Waals surface area contributed by atoms with Crippen LogP contribution < -0.4 is 9.64 Å². The van der Waals surface area contributed by atoms with Gasteiger partial charge in [0.05, 0.1) is 16.9 Å². The molecule has 2 aromatic rings. The van der Waals surface area contributed by atoms with Crippen LogP contribution in [-0.4, -0.2) is 70.0 Å². The first-order valence-electron chi connectivity index (χ1n) is 10.6. The number of carbonyl (C=O) groups excluding carboxylic acids is 1. The Labute approximate surface area is 193 Å². The number of carbonyl (C=O) groups is 1. The molecule has 0 unspecified atom stereocenters. The van der Waals surface area contributed by atoms with Crippen LogP contribution in [0.3, 0.4) is 0 Å². The van der Waals surface area contributed by atoms with E-state index in [0.29, 0.717) is 36.8 Å². The largest absolute Gasteiger partial charge is 0.492 e. The van der Waals surface area contributed by atoms with E-state index in [9.17, 15) is 18.3 Å². The number of hydrogen-bond acceptors (Lipinski definition) is 6. The Balaban J connectivity index is 1.37. The van der Waals surface area contributed by atoms with Gasteiger partial charge in [0.2, 0.25) is 5.91 Å². The first kappa shape index (κ1) is 23.0. The van der Waals surface area contributed by atoms with Gasteiger partial charge in [0, 0.05) is 30.1 Å². The lowest BCUT2D eigenvalue weighted by atomic mass is 9.73. The monoisotopic (exact) mass is 478 g/mol. The molecule has 0 aromatic heterocycles. The quantitative estimate of drug-likeness (QED) is 0.658. The third kappa shape index (κ3) is 4.37. The zero-order chi connectivity index (χ0) is 22.9. The molecule has 0 aliphatic carbocycles. The predicted molar refractivity (Wildman–Crippen MR) is 123 cm³/mol. The lowest BCUT2D eigenvalue weighted by Gasteiger charge is -2.38. The van der Waals surface area contributed by atoms with E-state index in [2.05, 4.69) is 4.90 Å². The maximum atomic E-state index is 13.3. The number of aliphatic hydroxyl groups is 1. The van der Waals surface area contributed by atoms with Crippen LogP contribution in [0.5, 0.6) is 5.75 Å². The van der Waals surface area contributed by atoms with Gasteiger partial charge in [-0.05, 0) is 74.0 Å². The van der Waals surface area contributed by atoms with E-state index in [1.807, 2.05) is 12.1 Å². The van der Waals surface area contributed by atoms with Gasteiger partial charge < -0.3 is 14.7 Å². The average Bonchev–Trinajstić information content (AvgIpc) is 2.97. The molecule has 1 spiro atoms. The van der Waals surface area contributed by atoms with Gasteiger partial charge in [-0.25, -0.2) is 8.42 Å². The molecule has 1 amide bonds. The second kappa shape index (κ2) is 9.02. The van der Waals surface area contributed by atoms with Crippen LogP contribution >= 0.6 is 11.6 Å². The number of fused-ring (bicyclic) bond motifs is 2. The zero-order valence-corrected chi connectivity index (χ0v) is 19.5. The molecule has 2 heterocycles. The Morgan fingerprint density at radius 3 is 2.41 bits per heavy atom. The van der Waals surface area contributed by atoms with E-state index in [0.717, 1.165) is 24.3 Å². The minimum absolute atomic E-state index is 0.0469. The first-order valence-corrected chi connectivity index (χ1v) is 12.9. The summed E-state index contributed by atoms with van der Waals surface area (Å²) in [5, 5.41) is 10.0. The molecule has 9 heteroatoms. The summed E-state index contributed by atoms with van der Waals surface area (Å²) < 4.78 is 28.9. The average molecular weight is 479 g/mol. The first-order chi connectivity index (χ1) is 15.2. The molecule has 2 aliphatic rings. The summed E-state index contributed by atoms with van der Waals surface area (Å²) in [6.07, 6.45) is 2.55. The van der Waals surface area contributed by atoms with Crippen LogP contribution in [0.2, 0.25) is 5.02 Å². The molecule has 7 nitrogen and oxygen atoms in total. The highest BCUT2D eigenvalue weighted by Crippen LogP contribution is 2.48. The summed E-state index contributed by atoms with van der Waals surface area (Å²) >= 11 is 6.25. The molecule has 1 saturated heterocycles. The molecule has 32 heavy (non-hydrogen) atoms. The SMILES string of the molecule is CS(=O)(=O)c1ccc(OCCN2CCC3(CC2)C(=O)N(CCO)c2ccc(Cl)cc23)cc1. The van der Waals surface area contributed by atoms with Crippen LogP contribution in [-0.2, 0) is 20.0 Å². The number of halogens is 1. The van der Waals surface area contributed by atoms with Crippen molar-refractivity contribution in [1.29, 1.82) is 0 Å². The number of aliphatic hydroxyl groups excluding tert-OH is 1. The van der Waals surface area contributed by atoms with E-state index in [1.165, 1.54) is 6.26 Å². The van der Waals surface area contributed by atoms with Crippen molar-refractivity contribution in [1.82, 2.24) is 4.90 Å². The van der Waals surface area contributed by atoms with E-state index in [4.69, 9.17) is 16.3 Å². The Morgan fingerprint density at radius 2 is 1.78 bits per heavy atom. The number of hydrogen-bond donors (Lipinski definition) is 1. The van der Waals surface area contributed by atoms with Gasteiger partial charge in [0.15, 0.2) is 9.84 Å². The fourth-order valence-electron chi connectivity index (χ4n) is 4.65. The van der Waals surface area contributed by atoms with Crippen molar-refractivity contribution < 1.29 is 23.1 Å². The molecular weight excluding hydrogens is 452 g/mol. The number of rotatable bonds is 7. The van der Waals surface area contributed by atoms with Crippen molar-refractivity contribution in [2.75, 3.05) is 50.5 Å². The molecule has 2 aromatic carbocycles. The molecule has 1 fully saturated rings. The molecule has 0 atom stereocenters. The number of likely N-dealkylation sites (tertiary alicyclic amines) is 1. The lowest BCUT2D eigenvalue weighted by Crippen LogP contribution is -2.49. The molecular formula is C23H27ClN2O5S. The van der Waals surface area contributed by atoms with Gasteiger partial charge in [-0.15, -0.1) is 0 Å². The molecule has 2 aliphatic heterocycles. The van der Waals surface area contributed by atoms with Crippen LogP contribution in [0.25, 0.3) is 0 Å². The second-order valence-electron chi connectivity index (χ2n) is 8.36. The molecule has 1 N–H and O–H groups in total.